The van der Waals surface area contributed by atoms with E-state index in [9.17, 15) is 4.79 Å². The van der Waals surface area contributed by atoms with Crippen molar-refractivity contribution in [1.82, 2.24) is 10.1 Å². The second-order valence-corrected chi connectivity index (χ2v) is 6.88. The molecule has 130 valence electrons. The van der Waals surface area contributed by atoms with Gasteiger partial charge < -0.3 is 14.6 Å². The predicted octanol–water partition coefficient (Wildman–Crippen LogP) is 4.52. The molecule has 0 aliphatic heterocycles. The summed E-state index contributed by atoms with van der Waals surface area (Å²) in [5.74, 6) is 0.790. The van der Waals surface area contributed by atoms with Gasteiger partial charge in [-0.2, -0.15) is 0 Å². The van der Waals surface area contributed by atoms with Gasteiger partial charge in [-0.05, 0) is 37.3 Å². The Morgan fingerprint density at radius 2 is 2.04 bits per heavy atom. The van der Waals surface area contributed by atoms with Crippen molar-refractivity contribution in [1.29, 1.82) is 0 Å². The molecule has 2 aromatic heterocycles. The molecule has 0 radical (unpaired) electrons. The van der Waals surface area contributed by atoms with Crippen molar-refractivity contribution < 1.29 is 14.1 Å². The molecule has 4 aromatic rings. The molecule has 1 N–H and O–H groups in total. The van der Waals surface area contributed by atoms with Gasteiger partial charge >= 0.3 is 0 Å². The van der Waals surface area contributed by atoms with Crippen LogP contribution in [-0.2, 0) is 0 Å². The number of amides is 1. The smallest absolute Gasteiger partial charge is 0.277 e. The number of ether oxygens (including phenoxy) is 1. The molecule has 6 nitrogen and oxygen atoms in total. The Labute approximate surface area is 153 Å². The van der Waals surface area contributed by atoms with E-state index in [-0.39, 0.29) is 11.6 Å². The molecule has 0 aliphatic carbocycles. The van der Waals surface area contributed by atoms with Gasteiger partial charge in [-0.25, -0.2) is 4.98 Å². The molecule has 0 unspecified atom stereocenters. The van der Waals surface area contributed by atoms with E-state index < -0.39 is 0 Å². The number of nitrogens with zero attached hydrogens (tertiary/aromatic N) is 2. The van der Waals surface area contributed by atoms with Crippen molar-refractivity contribution in [3.8, 4) is 17.1 Å². The minimum Gasteiger partial charge on any atom is -0.496 e. The molecule has 0 saturated carbocycles. The standard InChI is InChI=1S/C19H15N3O3S/c1-11-20-14-8-7-12(9-18(14)26-11)21-19(23)15-10-17(25-22-15)13-5-3-4-6-16(13)24-2/h3-10H,1-2H3,(H,21,23). The van der Waals surface area contributed by atoms with Crippen molar-refractivity contribution >= 4 is 33.1 Å². The van der Waals surface area contributed by atoms with Crippen molar-refractivity contribution in [2.45, 2.75) is 6.92 Å². The average Bonchev–Trinajstić information content (AvgIpc) is 3.27. The van der Waals surface area contributed by atoms with E-state index >= 15 is 0 Å². The number of fused-ring (bicyclic) bond motifs is 1. The number of benzene rings is 2. The Bertz CT molecular complexity index is 1100. The maximum absolute atomic E-state index is 12.5. The molecule has 1 amide bonds. The number of methoxy groups -OCH3 is 1. The maximum atomic E-state index is 12.5. The molecule has 26 heavy (non-hydrogen) atoms. The molecule has 2 aromatic carbocycles. The highest BCUT2D eigenvalue weighted by molar-refractivity contribution is 7.18. The first kappa shape index (κ1) is 16.3. The molecule has 4 rings (SSSR count). The van der Waals surface area contributed by atoms with Crippen molar-refractivity contribution in [3.05, 3.63) is 59.2 Å². The average molecular weight is 365 g/mol. The summed E-state index contributed by atoms with van der Waals surface area (Å²) in [7, 11) is 1.58. The second kappa shape index (κ2) is 6.61. The second-order valence-electron chi connectivity index (χ2n) is 5.65. The van der Waals surface area contributed by atoms with Crippen LogP contribution in [0.1, 0.15) is 15.5 Å². The van der Waals surface area contributed by atoms with Crippen molar-refractivity contribution in [3.63, 3.8) is 0 Å². The number of para-hydroxylation sites is 1. The summed E-state index contributed by atoms with van der Waals surface area (Å²) >= 11 is 1.58. The van der Waals surface area contributed by atoms with Crippen LogP contribution in [0.25, 0.3) is 21.5 Å². The largest absolute Gasteiger partial charge is 0.496 e. The molecule has 0 atom stereocenters. The number of carbonyl (C=O) groups is 1. The van der Waals surface area contributed by atoms with Crippen molar-refractivity contribution in [2.75, 3.05) is 12.4 Å². The topological polar surface area (TPSA) is 77.2 Å². The van der Waals surface area contributed by atoms with Crippen LogP contribution in [0.2, 0.25) is 0 Å². The molecular formula is C19H15N3O3S. The van der Waals surface area contributed by atoms with E-state index in [0.29, 0.717) is 17.2 Å². The van der Waals surface area contributed by atoms with Gasteiger partial charge in [0.1, 0.15) is 5.75 Å². The van der Waals surface area contributed by atoms with Gasteiger partial charge in [-0.15, -0.1) is 11.3 Å². The van der Waals surface area contributed by atoms with Crippen LogP contribution in [0, 0.1) is 6.92 Å². The fraction of sp³-hybridized carbons (Fsp3) is 0.105. The number of carbonyl (C=O) groups excluding carboxylic acids is 1. The zero-order valence-electron chi connectivity index (χ0n) is 14.1. The summed E-state index contributed by atoms with van der Waals surface area (Å²) in [4.78, 5) is 16.9. The Hall–Kier alpha value is -3.19. The lowest BCUT2D eigenvalue weighted by molar-refractivity contribution is 0.101. The first-order chi connectivity index (χ1) is 12.6. The van der Waals surface area contributed by atoms with Gasteiger partial charge in [0, 0.05) is 11.8 Å². The highest BCUT2D eigenvalue weighted by atomic mass is 32.1. The van der Waals surface area contributed by atoms with Gasteiger partial charge in [-0.3, -0.25) is 4.79 Å². The van der Waals surface area contributed by atoms with Crippen LogP contribution < -0.4 is 10.1 Å². The highest BCUT2D eigenvalue weighted by Gasteiger charge is 2.16. The summed E-state index contributed by atoms with van der Waals surface area (Å²) in [5.41, 5.74) is 2.55. The highest BCUT2D eigenvalue weighted by Crippen LogP contribution is 2.30. The molecule has 0 spiro atoms. The molecule has 2 heterocycles. The Morgan fingerprint density at radius 1 is 1.19 bits per heavy atom. The zero-order valence-corrected chi connectivity index (χ0v) is 15.0. The molecular weight excluding hydrogens is 350 g/mol. The lowest BCUT2D eigenvalue weighted by atomic mass is 10.1. The summed E-state index contributed by atoms with van der Waals surface area (Å²) in [6.45, 7) is 1.96. The van der Waals surface area contributed by atoms with Gasteiger partial charge in [-0.1, -0.05) is 17.3 Å². The first-order valence-electron chi connectivity index (χ1n) is 7.92. The van der Waals surface area contributed by atoms with E-state index in [1.807, 2.05) is 49.4 Å². The van der Waals surface area contributed by atoms with E-state index in [2.05, 4.69) is 15.5 Å². The molecule has 7 heteroatoms. The fourth-order valence-electron chi connectivity index (χ4n) is 2.67. The van der Waals surface area contributed by atoms with Crippen LogP contribution in [0.3, 0.4) is 0 Å². The number of nitrogens with one attached hydrogen (secondary N) is 1. The predicted molar refractivity (Wildman–Crippen MR) is 101 cm³/mol. The Kier molecular flexibility index (Phi) is 4.14. The van der Waals surface area contributed by atoms with E-state index in [1.165, 1.54) is 0 Å². The number of anilines is 1. The lowest BCUT2D eigenvalue weighted by Gasteiger charge is -2.03. The SMILES string of the molecule is COc1ccccc1-c1cc(C(=O)Nc2ccc3nc(C)sc3c2)no1. The van der Waals surface area contributed by atoms with Crippen LogP contribution in [0.15, 0.2) is 53.1 Å². The summed E-state index contributed by atoms with van der Waals surface area (Å²) in [6.07, 6.45) is 0. The monoisotopic (exact) mass is 365 g/mol. The number of rotatable bonds is 4. The summed E-state index contributed by atoms with van der Waals surface area (Å²) in [6, 6.07) is 14.6. The first-order valence-corrected chi connectivity index (χ1v) is 8.74. The van der Waals surface area contributed by atoms with Crippen LogP contribution in [0.5, 0.6) is 5.75 Å². The Balaban J connectivity index is 1.57. The number of aromatic nitrogens is 2. The van der Waals surface area contributed by atoms with Crippen LogP contribution in [0.4, 0.5) is 5.69 Å². The molecule has 0 fully saturated rings. The minimum absolute atomic E-state index is 0.200. The fourth-order valence-corrected chi connectivity index (χ4v) is 3.54. The van der Waals surface area contributed by atoms with Gasteiger partial charge in [0.05, 0.1) is 27.9 Å². The molecule has 0 bridgehead atoms. The van der Waals surface area contributed by atoms with E-state index in [1.54, 1.807) is 24.5 Å². The van der Waals surface area contributed by atoms with E-state index in [0.717, 1.165) is 20.8 Å². The minimum atomic E-state index is -0.338. The summed E-state index contributed by atoms with van der Waals surface area (Å²) < 4.78 is 11.7. The van der Waals surface area contributed by atoms with Gasteiger partial charge in [0.15, 0.2) is 11.5 Å². The number of thiazole rings is 1. The third-order valence-electron chi connectivity index (χ3n) is 3.87. The molecule has 0 aliphatic rings. The lowest BCUT2D eigenvalue weighted by Crippen LogP contribution is -2.11. The normalized spacial score (nSPS) is 10.8. The number of hydrogen-bond donors (Lipinski definition) is 1. The number of hydrogen-bond acceptors (Lipinski definition) is 6. The molecule has 0 saturated heterocycles. The number of aryl methyl sites for hydroxylation is 1. The summed E-state index contributed by atoms with van der Waals surface area (Å²) in [5, 5.41) is 7.70. The quantitative estimate of drug-likeness (QED) is 0.575. The van der Waals surface area contributed by atoms with Crippen LogP contribution in [-0.4, -0.2) is 23.2 Å². The third-order valence-corrected chi connectivity index (χ3v) is 4.80. The van der Waals surface area contributed by atoms with Gasteiger partial charge in [0.2, 0.25) is 0 Å². The maximum Gasteiger partial charge on any atom is 0.277 e. The Morgan fingerprint density at radius 3 is 2.88 bits per heavy atom. The van der Waals surface area contributed by atoms with Gasteiger partial charge in [0.25, 0.3) is 5.91 Å². The third kappa shape index (κ3) is 3.04. The van der Waals surface area contributed by atoms with Crippen LogP contribution >= 0.6 is 11.3 Å². The van der Waals surface area contributed by atoms with Crippen molar-refractivity contribution in [2.24, 2.45) is 0 Å². The zero-order chi connectivity index (χ0) is 18.1. The van der Waals surface area contributed by atoms with E-state index in [4.69, 9.17) is 9.26 Å².